The minimum atomic E-state index is -0.588. The lowest BCUT2D eigenvalue weighted by Crippen LogP contribution is -2.25. The summed E-state index contributed by atoms with van der Waals surface area (Å²) in [5.41, 5.74) is 7.10. The first-order chi connectivity index (χ1) is 17.8. The first kappa shape index (κ1) is 25.2. The van der Waals surface area contributed by atoms with Gasteiger partial charge in [-0.1, -0.05) is 71.4 Å². The Balaban J connectivity index is 1.35. The van der Waals surface area contributed by atoms with Crippen LogP contribution in [0.2, 0.25) is 5.02 Å². The van der Waals surface area contributed by atoms with Crippen LogP contribution in [0.25, 0.3) is 0 Å². The number of amidine groups is 1. The number of nitrogens with one attached hydrogen (secondary N) is 1. The molecule has 37 heavy (non-hydrogen) atoms. The minimum Gasteiger partial charge on any atom is -0.326 e. The lowest BCUT2D eigenvalue weighted by atomic mass is 9.97. The van der Waals surface area contributed by atoms with Gasteiger partial charge in [-0.25, -0.2) is 5.01 Å². The largest absolute Gasteiger partial charge is 0.326 e. The number of carbonyl (C=O) groups excluding carboxylic acids is 2. The van der Waals surface area contributed by atoms with Gasteiger partial charge in [0.2, 0.25) is 5.91 Å². The fraction of sp³-hybridized carbons (Fsp3) is 0.241. The second kappa shape index (κ2) is 10.5. The molecule has 5 rings (SSSR count). The van der Waals surface area contributed by atoms with Gasteiger partial charge in [-0.2, -0.15) is 10.1 Å². The fourth-order valence-electron chi connectivity index (χ4n) is 4.44. The second-order valence-corrected chi connectivity index (χ2v) is 11.0. The van der Waals surface area contributed by atoms with Gasteiger partial charge in [0.25, 0.3) is 5.91 Å². The van der Waals surface area contributed by atoms with Crippen LogP contribution in [0.3, 0.4) is 0 Å². The number of rotatable bonds is 5. The molecule has 0 unspecified atom stereocenters. The van der Waals surface area contributed by atoms with E-state index in [0.29, 0.717) is 16.6 Å². The lowest BCUT2D eigenvalue weighted by Gasteiger charge is -2.23. The van der Waals surface area contributed by atoms with E-state index in [1.807, 2.05) is 67.4 Å². The van der Waals surface area contributed by atoms with Crippen LogP contribution in [-0.2, 0) is 9.59 Å². The van der Waals surface area contributed by atoms with E-state index in [9.17, 15) is 9.59 Å². The van der Waals surface area contributed by atoms with Gasteiger partial charge in [-0.15, -0.1) is 0 Å². The summed E-state index contributed by atoms with van der Waals surface area (Å²) in [7, 11) is 0. The maximum Gasteiger partial charge on any atom is 0.262 e. The predicted molar refractivity (Wildman–Crippen MR) is 151 cm³/mol. The topological polar surface area (TPSA) is 74.1 Å². The number of aryl methyl sites for hydroxylation is 3. The molecular formula is C29H27ClN4O2S. The van der Waals surface area contributed by atoms with E-state index in [2.05, 4.69) is 35.4 Å². The molecule has 8 heteroatoms. The smallest absolute Gasteiger partial charge is 0.262 e. The first-order valence-electron chi connectivity index (χ1n) is 12.1. The monoisotopic (exact) mass is 530 g/mol. The molecule has 2 amide bonds. The van der Waals surface area contributed by atoms with Gasteiger partial charge in [0.05, 0.1) is 11.8 Å². The fourth-order valence-corrected chi connectivity index (χ4v) is 5.63. The Morgan fingerprint density at radius 2 is 1.84 bits per heavy atom. The number of anilines is 1. The van der Waals surface area contributed by atoms with E-state index in [1.54, 1.807) is 0 Å². The molecule has 0 aliphatic carbocycles. The van der Waals surface area contributed by atoms with Crippen molar-refractivity contribution in [1.82, 2.24) is 5.01 Å². The molecule has 0 saturated heterocycles. The number of aliphatic imine (C=N–C) groups is 1. The summed E-state index contributed by atoms with van der Waals surface area (Å²) in [4.78, 5) is 29.9. The molecule has 3 aromatic rings. The van der Waals surface area contributed by atoms with Gasteiger partial charge in [0.1, 0.15) is 5.25 Å². The summed E-state index contributed by atoms with van der Waals surface area (Å²) in [6.45, 7) is 6.08. The Hall–Kier alpha value is -3.42. The number of hydrazone groups is 1. The molecule has 0 aromatic heterocycles. The highest BCUT2D eigenvalue weighted by molar-refractivity contribution is 8.15. The number of nitrogens with zero attached hydrogens (tertiary/aromatic N) is 3. The third-order valence-corrected chi connectivity index (χ3v) is 8.00. The number of halogens is 1. The molecule has 2 atom stereocenters. The number of thioether (sulfide) groups is 1. The standard InChI is InChI=1S/C29H27ClN4O2S/c1-17-5-4-6-21(13-17)25-15-24(20-8-10-22(30)11-9-20)33-34(25)29-32-28(36)26(37-29)16-27(35)31-23-12-7-18(2)19(3)14-23/h4-14,25-26H,15-16H2,1-3H3,(H,31,35)/t25-,26+/m0/s1. The number of hydrogen-bond acceptors (Lipinski definition) is 5. The SMILES string of the molecule is Cc1cccc([C@@H]2CC(c3ccc(Cl)cc3)=NN2C2=NC(=O)[C@@H](CC(=O)Nc3ccc(C)c(C)c3)S2)c1. The highest BCUT2D eigenvalue weighted by atomic mass is 35.5. The predicted octanol–water partition coefficient (Wildman–Crippen LogP) is 6.44. The number of carbonyl (C=O) groups is 2. The second-order valence-electron chi connectivity index (χ2n) is 9.42. The van der Waals surface area contributed by atoms with Crippen molar-refractivity contribution in [3.8, 4) is 0 Å². The van der Waals surface area contributed by atoms with Crippen molar-refractivity contribution in [2.75, 3.05) is 5.32 Å². The quantitative estimate of drug-likeness (QED) is 0.411. The molecule has 6 nitrogen and oxygen atoms in total. The lowest BCUT2D eigenvalue weighted by molar-refractivity contribution is -0.121. The summed E-state index contributed by atoms with van der Waals surface area (Å²) in [5, 5.41) is 10.2. The van der Waals surface area contributed by atoms with E-state index in [0.717, 1.165) is 39.2 Å². The molecule has 2 heterocycles. The van der Waals surface area contributed by atoms with E-state index < -0.39 is 5.25 Å². The van der Waals surface area contributed by atoms with Crippen molar-refractivity contribution in [2.45, 2.75) is 44.9 Å². The summed E-state index contributed by atoms with van der Waals surface area (Å²) < 4.78 is 0. The van der Waals surface area contributed by atoms with Gasteiger partial charge in [-0.3, -0.25) is 9.59 Å². The molecule has 0 spiro atoms. The summed E-state index contributed by atoms with van der Waals surface area (Å²) in [6, 6.07) is 21.5. The van der Waals surface area contributed by atoms with E-state index in [1.165, 1.54) is 11.8 Å². The van der Waals surface area contributed by atoms with Gasteiger partial charge in [0.15, 0.2) is 5.17 Å². The van der Waals surface area contributed by atoms with E-state index in [-0.39, 0.29) is 24.3 Å². The summed E-state index contributed by atoms with van der Waals surface area (Å²) in [6.07, 6.45) is 0.705. The zero-order valence-electron chi connectivity index (χ0n) is 20.9. The molecule has 0 saturated carbocycles. The van der Waals surface area contributed by atoms with Crippen LogP contribution in [0.15, 0.2) is 76.8 Å². The Bertz CT molecular complexity index is 1430. The van der Waals surface area contributed by atoms with Crippen LogP contribution in [0.1, 0.15) is 46.7 Å². The Kier molecular flexibility index (Phi) is 7.17. The normalized spacial score (nSPS) is 19.1. The molecule has 188 valence electrons. The maximum absolute atomic E-state index is 12.8. The zero-order chi connectivity index (χ0) is 26.1. The molecule has 2 aliphatic rings. The summed E-state index contributed by atoms with van der Waals surface area (Å²) >= 11 is 7.39. The zero-order valence-corrected chi connectivity index (χ0v) is 22.4. The van der Waals surface area contributed by atoms with Crippen molar-refractivity contribution < 1.29 is 9.59 Å². The third-order valence-electron chi connectivity index (χ3n) is 6.60. The van der Waals surface area contributed by atoms with Crippen molar-refractivity contribution in [3.05, 3.63) is 99.6 Å². The van der Waals surface area contributed by atoms with Crippen molar-refractivity contribution in [1.29, 1.82) is 0 Å². The van der Waals surface area contributed by atoms with Crippen molar-refractivity contribution in [3.63, 3.8) is 0 Å². The molecule has 3 aromatic carbocycles. The maximum atomic E-state index is 12.8. The minimum absolute atomic E-state index is 0.0418. The van der Waals surface area contributed by atoms with Gasteiger partial charge >= 0.3 is 0 Å². The Labute approximate surface area is 225 Å². The van der Waals surface area contributed by atoms with Crippen molar-refractivity contribution in [2.24, 2.45) is 10.1 Å². The molecule has 1 N–H and O–H groups in total. The number of benzene rings is 3. The molecule has 2 aliphatic heterocycles. The van der Waals surface area contributed by atoms with Gasteiger partial charge < -0.3 is 5.32 Å². The highest BCUT2D eigenvalue weighted by Crippen LogP contribution is 2.39. The van der Waals surface area contributed by atoms with Crippen LogP contribution in [0.4, 0.5) is 5.69 Å². The van der Waals surface area contributed by atoms with Crippen LogP contribution >= 0.6 is 23.4 Å². The van der Waals surface area contributed by atoms with Crippen LogP contribution in [-0.4, -0.2) is 33.0 Å². The Morgan fingerprint density at radius 3 is 2.57 bits per heavy atom. The van der Waals surface area contributed by atoms with Crippen LogP contribution < -0.4 is 5.32 Å². The third kappa shape index (κ3) is 5.63. The summed E-state index contributed by atoms with van der Waals surface area (Å²) in [5.74, 6) is -0.527. The Morgan fingerprint density at radius 1 is 1.05 bits per heavy atom. The average Bonchev–Trinajstić information content (AvgIpc) is 3.46. The van der Waals surface area contributed by atoms with Gasteiger partial charge in [0, 0.05) is 23.6 Å². The van der Waals surface area contributed by atoms with Gasteiger partial charge in [-0.05, 0) is 67.3 Å². The van der Waals surface area contributed by atoms with Crippen molar-refractivity contribution >= 4 is 51.7 Å². The number of amides is 2. The molecule has 0 fully saturated rings. The van der Waals surface area contributed by atoms with Crippen LogP contribution in [0, 0.1) is 20.8 Å². The highest BCUT2D eigenvalue weighted by Gasteiger charge is 2.39. The molecule has 0 radical (unpaired) electrons. The average molecular weight is 531 g/mol. The number of hydrogen-bond donors (Lipinski definition) is 1. The van der Waals surface area contributed by atoms with E-state index >= 15 is 0 Å². The molecular weight excluding hydrogens is 504 g/mol. The van der Waals surface area contributed by atoms with Crippen LogP contribution in [0.5, 0.6) is 0 Å². The van der Waals surface area contributed by atoms with E-state index in [4.69, 9.17) is 16.7 Å². The first-order valence-corrected chi connectivity index (χ1v) is 13.4. The molecule has 0 bridgehead atoms.